The number of carbonyl (C=O) groups excluding carboxylic acids is 1. The number of anilines is 1. The molecule has 6 heteroatoms. The Morgan fingerprint density at radius 3 is 2.59 bits per heavy atom. The Hall–Kier alpha value is -0.490. The second kappa shape index (κ2) is 7.06. The van der Waals surface area contributed by atoms with E-state index in [-0.39, 0.29) is 16.1 Å². The summed E-state index contributed by atoms with van der Waals surface area (Å²) in [5.41, 5.74) is -0.130. The molecule has 1 rings (SSSR count). The van der Waals surface area contributed by atoms with Crippen LogP contribution in [0.3, 0.4) is 0 Å². The van der Waals surface area contributed by atoms with Crippen molar-refractivity contribution in [3.8, 4) is 0 Å². The number of halogens is 4. The highest BCUT2D eigenvalue weighted by atomic mass is 79.9. The molecule has 0 bridgehead atoms. The largest absolute Gasteiger partial charge is 0.324 e. The SMILES string of the molecule is O=C(CCCCBr)Nc1cc(F)c(Br)cc1F. The smallest absolute Gasteiger partial charge is 0.224 e. The van der Waals surface area contributed by atoms with Crippen molar-refractivity contribution in [1.29, 1.82) is 0 Å². The van der Waals surface area contributed by atoms with Gasteiger partial charge in [-0.2, -0.15) is 0 Å². The maximum Gasteiger partial charge on any atom is 0.224 e. The fraction of sp³-hybridized carbons (Fsp3) is 0.364. The van der Waals surface area contributed by atoms with Crippen LogP contribution in [0.5, 0.6) is 0 Å². The molecule has 94 valence electrons. The molecule has 0 aliphatic heterocycles. The van der Waals surface area contributed by atoms with Crippen LogP contribution in [0, 0.1) is 11.6 Å². The molecule has 0 radical (unpaired) electrons. The third-order valence-electron chi connectivity index (χ3n) is 2.07. The summed E-state index contributed by atoms with van der Waals surface area (Å²) in [4.78, 5) is 11.4. The summed E-state index contributed by atoms with van der Waals surface area (Å²) in [6.07, 6.45) is 1.87. The first-order valence-electron chi connectivity index (χ1n) is 5.05. The molecule has 1 amide bonds. The molecule has 0 aromatic heterocycles. The Balaban J connectivity index is 2.62. The highest BCUT2D eigenvalue weighted by Gasteiger charge is 2.10. The van der Waals surface area contributed by atoms with E-state index < -0.39 is 11.6 Å². The summed E-state index contributed by atoms with van der Waals surface area (Å²) in [6.45, 7) is 0. The molecule has 0 fully saturated rings. The minimum absolute atomic E-state index is 0.0345. The Kier molecular flexibility index (Phi) is 6.05. The highest BCUT2D eigenvalue weighted by molar-refractivity contribution is 9.10. The number of hydrogen-bond donors (Lipinski definition) is 1. The van der Waals surface area contributed by atoms with Crippen molar-refractivity contribution in [3.05, 3.63) is 28.2 Å². The van der Waals surface area contributed by atoms with E-state index in [1.807, 2.05) is 0 Å². The number of alkyl halides is 1. The molecule has 1 N–H and O–H groups in total. The molecule has 1 aromatic rings. The summed E-state index contributed by atoms with van der Waals surface area (Å²) < 4.78 is 26.5. The first-order chi connectivity index (χ1) is 8.04. The van der Waals surface area contributed by atoms with Gasteiger partial charge < -0.3 is 5.32 Å². The van der Waals surface area contributed by atoms with Crippen molar-refractivity contribution in [3.63, 3.8) is 0 Å². The standard InChI is InChI=1S/C11H11Br2F2NO/c12-4-2-1-3-11(17)16-10-6-8(14)7(13)5-9(10)15/h5-6H,1-4H2,(H,16,17). The lowest BCUT2D eigenvalue weighted by atomic mass is 10.2. The Labute approximate surface area is 115 Å². The molecule has 0 saturated carbocycles. The van der Waals surface area contributed by atoms with Gasteiger partial charge in [0.1, 0.15) is 11.6 Å². The van der Waals surface area contributed by atoms with Crippen LogP contribution in [0.4, 0.5) is 14.5 Å². The maximum atomic E-state index is 13.4. The Morgan fingerprint density at radius 2 is 1.94 bits per heavy atom. The van der Waals surface area contributed by atoms with Gasteiger partial charge in [-0.3, -0.25) is 4.79 Å². The molecule has 0 spiro atoms. The topological polar surface area (TPSA) is 29.1 Å². The quantitative estimate of drug-likeness (QED) is 0.469. The molecule has 1 aromatic carbocycles. The van der Waals surface area contributed by atoms with E-state index in [0.29, 0.717) is 12.8 Å². The lowest BCUT2D eigenvalue weighted by Crippen LogP contribution is -2.12. The highest BCUT2D eigenvalue weighted by Crippen LogP contribution is 2.23. The summed E-state index contributed by atoms with van der Waals surface area (Å²) in [7, 11) is 0. The predicted octanol–water partition coefficient (Wildman–Crippen LogP) is 4.23. The minimum Gasteiger partial charge on any atom is -0.324 e. The zero-order chi connectivity index (χ0) is 12.8. The molecule has 17 heavy (non-hydrogen) atoms. The van der Waals surface area contributed by atoms with E-state index >= 15 is 0 Å². The molecule has 0 saturated heterocycles. The van der Waals surface area contributed by atoms with Crippen LogP contribution in [0.25, 0.3) is 0 Å². The number of nitrogens with one attached hydrogen (secondary N) is 1. The lowest BCUT2D eigenvalue weighted by Gasteiger charge is -2.07. The third-order valence-corrected chi connectivity index (χ3v) is 3.24. The van der Waals surface area contributed by atoms with Crippen molar-refractivity contribution in [2.24, 2.45) is 0 Å². The van der Waals surface area contributed by atoms with Crippen molar-refractivity contribution in [2.75, 3.05) is 10.6 Å². The van der Waals surface area contributed by atoms with E-state index in [9.17, 15) is 13.6 Å². The average Bonchev–Trinajstić information content (AvgIpc) is 2.26. The van der Waals surface area contributed by atoms with Gasteiger partial charge in [-0.1, -0.05) is 15.9 Å². The summed E-state index contributed by atoms with van der Waals surface area (Å²) in [5, 5.41) is 3.17. The number of rotatable bonds is 5. The first-order valence-corrected chi connectivity index (χ1v) is 6.96. The zero-order valence-electron chi connectivity index (χ0n) is 8.90. The van der Waals surface area contributed by atoms with E-state index in [2.05, 4.69) is 37.2 Å². The molecule has 0 aliphatic carbocycles. The van der Waals surface area contributed by atoms with Crippen LogP contribution in [0.15, 0.2) is 16.6 Å². The van der Waals surface area contributed by atoms with Gasteiger partial charge in [0.15, 0.2) is 0 Å². The van der Waals surface area contributed by atoms with Crippen LogP contribution < -0.4 is 5.32 Å². The minimum atomic E-state index is -0.660. The van der Waals surface area contributed by atoms with Gasteiger partial charge >= 0.3 is 0 Å². The average molecular weight is 371 g/mol. The van der Waals surface area contributed by atoms with Crippen molar-refractivity contribution < 1.29 is 13.6 Å². The van der Waals surface area contributed by atoms with Crippen molar-refractivity contribution >= 4 is 43.5 Å². The van der Waals surface area contributed by atoms with Crippen molar-refractivity contribution in [2.45, 2.75) is 19.3 Å². The van der Waals surface area contributed by atoms with Gasteiger partial charge in [0, 0.05) is 17.8 Å². The summed E-state index contributed by atoms with van der Waals surface area (Å²) in [5.74, 6) is -1.58. The lowest BCUT2D eigenvalue weighted by molar-refractivity contribution is -0.116. The molecular weight excluding hydrogens is 360 g/mol. The molecule has 0 heterocycles. The Morgan fingerprint density at radius 1 is 1.24 bits per heavy atom. The van der Waals surface area contributed by atoms with E-state index in [1.54, 1.807) is 0 Å². The maximum absolute atomic E-state index is 13.4. The molecule has 0 aliphatic rings. The van der Waals surface area contributed by atoms with Crippen molar-refractivity contribution in [1.82, 2.24) is 0 Å². The van der Waals surface area contributed by atoms with Crippen LogP contribution in [-0.4, -0.2) is 11.2 Å². The Bertz CT molecular complexity index is 413. The molecular formula is C11H11Br2F2NO. The number of amides is 1. The van der Waals surface area contributed by atoms with Gasteiger partial charge in [0.25, 0.3) is 0 Å². The van der Waals surface area contributed by atoms with Crippen LogP contribution in [-0.2, 0) is 4.79 Å². The fourth-order valence-corrected chi connectivity index (χ4v) is 1.92. The van der Waals surface area contributed by atoms with Gasteiger partial charge in [-0.15, -0.1) is 0 Å². The second-order valence-electron chi connectivity index (χ2n) is 3.44. The van der Waals surface area contributed by atoms with Gasteiger partial charge in [0.2, 0.25) is 5.91 Å². The third kappa shape index (κ3) is 4.71. The number of hydrogen-bond acceptors (Lipinski definition) is 1. The van der Waals surface area contributed by atoms with E-state index in [0.717, 1.165) is 23.9 Å². The summed E-state index contributed by atoms with van der Waals surface area (Å²) in [6, 6.07) is 1.95. The first kappa shape index (κ1) is 14.6. The predicted molar refractivity (Wildman–Crippen MR) is 70.3 cm³/mol. The van der Waals surface area contributed by atoms with Crippen LogP contribution in [0.2, 0.25) is 0 Å². The zero-order valence-corrected chi connectivity index (χ0v) is 12.1. The van der Waals surface area contributed by atoms with Crippen LogP contribution in [0.1, 0.15) is 19.3 Å². The molecule has 0 atom stereocenters. The van der Waals surface area contributed by atoms with Crippen LogP contribution >= 0.6 is 31.9 Å². The van der Waals surface area contributed by atoms with Gasteiger partial charge in [0.05, 0.1) is 10.2 Å². The summed E-state index contributed by atoms with van der Waals surface area (Å²) >= 11 is 6.11. The molecule has 0 unspecified atom stereocenters. The van der Waals surface area contributed by atoms with Gasteiger partial charge in [-0.05, 0) is 34.8 Å². The van der Waals surface area contributed by atoms with E-state index in [4.69, 9.17) is 0 Å². The second-order valence-corrected chi connectivity index (χ2v) is 5.09. The fourth-order valence-electron chi connectivity index (χ4n) is 1.21. The monoisotopic (exact) mass is 369 g/mol. The van der Waals surface area contributed by atoms with Gasteiger partial charge in [-0.25, -0.2) is 8.78 Å². The number of unbranched alkanes of at least 4 members (excludes halogenated alkanes) is 1. The number of carbonyl (C=O) groups is 1. The number of benzene rings is 1. The molecule has 2 nitrogen and oxygen atoms in total. The normalized spacial score (nSPS) is 10.4. The van der Waals surface area contributed by atoms with E-state index in [1.165, 1.54) is 0 Å².